The fourth-order valence-electron chi connectivity index (χ4n) is 3.72. The second-order valence-electron chi connectivity index (χ2n) is 6.51. The minimum atomic E-state index is -0.266. The first-order valence-corrected chi connectivity index (χ1v) is 8.94. The molecule has 1 aromatic carbocycles. The van der Waals surface area contributed by atoms with Gasteiger partial charge in [0, 0.05) is 11.8 Å². The van der Waals surface area contributed by atoms with Crippen LogP contribution in [0.15, 0.2) is 22.6 Å². The van der Waals surface area contributed by atoms with Gasteiger partial charge < -0.3 is 9.15 Å². The molecule has 0 unspecified atom stereocenters. The van der Waals surface area contributed by atoms with Gasteiger partial charge in [0.15, 0.2) is 0 Å². The Morgan fingerprint density at radius 1 is 1.22 bits per heavy atom. The SMILES string of the molecule is CCOC(=O)c1c(CC)oc2ccc(CC3CCCCC3)cc12. The fraction of sp³-hybridized carbons (Fsp3) is 0.550. The summed E-state index contributed by atoms with van der Waals surface area (Å²) < 4.78 is 11.1. The van der Waals surface area contributed by atoms with Crippen LogP contribution < -0.4 is 0 Å². The molecule has 1 aliphatic rings. The number of carbonyl (C=O) groups excluding carboxylic acids is 1. The summed E-state index contributed by atoms with van der Waals surface area (Å²) in [6, 6.07) is 6.29. The average Bonchev–Trinajstić information content (AvgIpc) is 2.94. The van der Waals surface area contributed by atoms with Crippen LogP contribution in [0, 0.1) is 5.92 Å². The van der Waals surface area contributed by atoms with E-state index in [1.165, 1.54) is 37.7 Å². The average molecular weight is 314 g/mol. The molecule has 0 spiro atoms. The van der Waals surface area contributed by atoms with Gasteiger partial charge in [0.1, 0.15) is 16.9 Å². The number of hydrogen-bond donors (Lipinski definition) is 0. The van der Waals surface area contributed by atoms with Crippen LogP contribution in [0.3, 0.4) is 0 Å². The van der Waals surface area contributed by atoms with E-state index in [9.17, 15) is 4.79 Å². The molecule has 1 aromatic heterocycles. The highest BCUT2D eigenvalue weighted by Gasteiger charge is 2.22. The summed E-state index contributed by atoms with van der Waals surface area (Å²) in [5, 5.41) is 0.911. The van der Waals surface area contributed by atoms with Gasteiger partial charge in [0.25, 0.3) is 0 Å². The summed E-state index contributed by atoms with van der Waals surface area (Å²) in [7, 11) is 0. The lowest BCUT2D eigenvalue weighted by atomic mass is 9.84. The highest BCUT2D eigenvalue weighted by Crippen LogP contribution is 2.31. The van der Waals surface area contributed by atoms with Crippen LogP contribution in [0.5, 0.6) is 0 Å². The first-order valence-electron chi connectivity index (χ1n) is 8.94. The minimum absolute atomic E-state index is 0.266. The second kappa shape index (κ2) is 7.20. The Balaban J connectivity index is 1.93. The van der Waals surface area contributed by atoms with Gasteiger partial charge in [-0.05, 0) is 37.0 Å². The molecule has 3 nitrogen and oxygen atoms in total. The molecule has 23 heavy (non-hydrogen) atoms. The summed E-state index contributed by atoms with van der Waals surface area (Å²) in [4.78, 5) is 12.3. The van der Waals surface area contributed by atoms with E-state index in [2.05, 4.69) is 12.1 Å². The van der Waals surface area contributed by atoms with Crippen LogP contribution in [-0.2, 0) is 17.6 Å². The molecule has 1 saturated carbocycles. The third-order valence-electron chi connectivity index (χ3n) is 4.88. The molecule has 0 atom stereocenters. The second-order valence-corrected chi connectivity index (χ2v) is 6.51. The van der Waals surface area contributed by atoms with Crippen LogP contribution in [0.1, 0.15) is 67.6 Å². The van der Waals surface area contributed by atoms with Gasteiger partial charge in [-0.2, -0.15) is 0 Å². The highest BCUT2D eigenvalue weighted by molar-refractivity contribution is 6.04. The van der Waals surface area contributed by atoms with Crippen molar-refractivity contribution in [2.75, 3.05) is 6.61 Å². The number of benzene rings is 1. The largest absolute Gasteiger partial charge is 0.462 e. The molecular formula is C20H26O3. The molecule has 0 bridgehead atoms. The summed E-state index contributed by atoms with van der Waals surface area (Å²) >= 11 is 0. The number of hydrogen-bond acceptors (Lipinski definition) is 3. The number of carbonyl (C=O) groups is 1. The van der Waals surface area contributed by atoms with Gasteiger partial charge in [-0.25, -0.2) is 4.79 Å². The quantitative estimate of drug-likeness (QED) is 0.703. The lowest BCUT2D eigenvalue weighted by Crippen LogP contribution is -2.09. The Bertz CT molecular complexity index is 677. The predicted octanol–water partition coefficient (Wildman–Crippen LogP) is 5.29. The number of rotatable bonds is 5. The first-order chi connectivity index (χ1) is 11.2. The summed E-state index contributed by atoms with van der Waals surface area (Å²) in [6.07, 6.45) is 8.54. The number of ether oxygens (including phenoxy) is 1. The van der Waals surface area contributed by atoms with Crippen molar-refractivity contribution in [2.24, 2.45) is 5.92 Å². The van der Waals surface area contributed by atoms with Crippen LogP contribution in [0.2, 0.25) is 0 Å². The topological polar surface area (TPSA) is 39.4 Å². The molecule has 1 fully saturated rings. The maximum absolute atomic E-state index is 12.3. The summed E-state index contributed by atoms with van der Waals surface area (Å²) in [6.45, 7) is 4.22. The predicted molar refractivity (Wildman–Crippen MR) is 91.8 cm³/mol. The molecule has 1 aliphatic carbocycles. The van der Waals surface area contributed by atoms with E-state index in [4.69, 9.17) is 9.15 Å². The van der Waals surface area contributed by atoms with Crippen molar-refractivity contribution in [3.8, 4) is 0 Å². The maximum Gasteiger partial charge on any atom is 0.342 e. The van der Waals surface area contributed by atoms with Crippen molar-refractivity contribution >= 4 is 16.9 Å². The van der Waals surface area contributed by atoms with Crippen LogP contribution in [0.4, 0.5) is 0 Å². The van der Waals surface area contributed by atoms with Crippen molar-refractivity contribution < 1.29 is 13.9 Å². The summed E-state index contributed by atoms with van der Waals surface area (Å²) in [5.41, 5.74) is 2.71. The van der Waals surface area contributed by atoms with E-state index in [1.54, 1.807) is 0 Å². The number of aryl methyl sites for hydroxylation is 1. The van der Waals surface area contributed by atoms with Gasteiger partial charge in [0.2, 0.25) is 0 Å². The molecule has 0 aliphatic heterocycles. The lowest BCUT2D eigenvalue weighted by Gasteiger charge is -2.21. The molecule has 0 saturated heterocycles. The Labute approximate surface area is 138 Å². The maximum atomic E-state index is 12.3. The van der Waals surface area contributed by atoms with Crippen LogP contribution in [0.25, 0.3) is 11.0 Å². The molecule has 1 heterocycles. The Morgan fingerprint density at radius 2 is 2.00 bits per heavy atom. The van der Waals surface area contributed by atoms with E-state index >= 15 is 0 Å². The zero-order valence-corrected chi connectivity index (χ0v) is 14.2. The van der Waals surface area contributed by atoms with Gasteiger partial charge in [-0.3, -0.25) is 0 Å². The first kappa shape index (κ1) is 16.1. The molecule has 124 valence electrons. The van der Waals surface area contributed by atoms with E-state index in [0.29, 0.717) is 18.6 Å². The van der Waals surface area contributed by atoms with Gasteiger partial charge in [-0.1, -0.05) is 45.1 Å². The van der Waals surface area contributed by atoms with Crippen molar-refractivity contribution in [1.29, 1.82) is 0 Å². The third kappa shape index (κ3) is 3.44. The zero-order chi connectivity index (χ0) is 16.2. The van der Waals surface area contributed by atoms with Crippen molar-refractivity contribution in [3.63, 3.8) is 0 Å². The van der Waals surface area contributed by atoms with Crippen LogP contribution >= 0.6 is 0 Å². The normalized spacial score (nSPS) is 15.9. The van der Waals surface area contributed by atoms with E-state index in [-0.39, 0.29) is 5.97 Å². The van der Waals surface area contributed by atoms with Gasteiger partial charge in [0.05, 0.1) is 6.61 Å². The third-order valence-corrected chi connectivity index (χ3v) is 4.88. The standard InChI is InChI=1S/C20H26O3/c1-3-17-19(20(21)22-4-2)16-13-15(10-11-18(16)23-17)12-14-8-6-5-7-9-14/h10-11,13-14H,3-9,12H2,1-2H3. The van der Waals surface area contributed by atoms with Crippen molar-refractivity contribution in [3.05, 3.63) is 35.1 Å². The van der Waals surface area contributed by atoms with E-state index in [1.807, 2.05) is 19.9 Å². The summed E-state index contributed by atoms with van der Waals surface area (Å²) in [5.74, 6) is 1.25. The Kier molecular flexibility index (Phi) is 5.04. The number of furan rings is 1. The van der Waals surface area contributed by atoms with Crippen molar-refractivity contribution in [2.45, 2.75) is 58.8 Å². The van der Waals surface area contributed by atoms with Crippen LogP contribution in [-0.4, -0.2) is 12.6 Å². The highest BCUT2D eigenvalue weighted by atomic mass is 16.5. The molecule has 3 heteroatoms. The number of esters is 1. The molecule has 3 rings (SSSR count). The monoisotopic (exact) mass is 314 g/mol. The molecule has 0 amide bonds. The minimum Gasteiger partial charge on any atom is -0.462 e. The molecule has 2 aromatic rings. The molecule has 0 radical (unpaired) electrons. The Hall–Kier alpha value is -1.77. The molecule has 0 N–H and O–H groups in total. The fourth-order valence-corrected chi connectivity index (χ4v) is 3.72. The lowest BCUT2D eigenvalue weighted by molar-refractivity contribution is 0.0526. The Morgan fingerprint density at radius 3 is 2.70 bits per heavy atom. The smallest absolute Gasteiger partial charge is 0.342 e. The van der Waals surface area contributed by atoms with Gasteiger partial charge >= 0.3 is 5.97 Å². The van der Waals surface area contributed by atoms with Gasteiger partial charge in [-0.15, -0.1) is 0 Å². The van der Waals surface area contributed by atoms with E-state index < -0.39 is 0 Å². The molecular weight excluding hydrogens is 288 g/mol. The number of fused-ring (bicyclic) bond motifs is 1. The van der Waals surface area contributed by atoms with E-state index in [0.717, 1.165) is 29.1 Å². The zero-order valence-electron chi connectivity index (χ0n) is 14.2. The van der Waals surface area contributed by atoms with Crippen molar-refractivity contribution in [1.82, 2.24) is 0 Å².